The van der Waals surface area contributed by atoms with Crippen LogP contribution in [0.15, 0.2) is 29.2 Å². The molecule has 0 aromatic heterocycles. The van der Waals surface area contributed by atoms with Crippen molar-refractivity contribution in [3.63, 3.8) is 0 Å². The number of cyclic esters (lactones) is 1. The summed E-state index contributed by atoms with van der Waals surface area (Å²) < 4.78 is 30.8. The Balaban J connectivity index is 2.41. The lowest BCUT2D eigenvalue weighted by atomic mass is 10.2. The van der Waals surface area contributed by atoms with Crippen molar-refractivity contribution in [2.24, 2.45) is 0 Å². The maximum Gasteiger partial charge on any atom is 0.424 e. The number of nitrogens with zero attached hydrogens (tertiary/aromatic N) is 1. The number of carbonyl (C=O) groups excluding carboxylic acids is 1. The van der Waals surface area contributed by atoms with Crippen LogP contribution >= 0.6 is 22.6 Å². The molecule has 1 heterocycles. The van der Waals surface area contributed by atoms with Crippen LogP contribution < -0.4 is 0 Å². The summed E-state index contributed by atoms with van der Waals surface area (Å²) in [6.45, 7) is 1.99. The number of carbonyl (C=O) groups is 1. The van der Waals surface area contributed by atoms with Crippen LogP contribution in [0.1, 0.15) is 5.56 Å². The largest absolute Gasteiger partial charge is 0.446 e. The van der Waals surface area contributed by atoms with Crippen LogP contribution in [-0.2, 0) is 14.8 Å². The summed E-state index contributed by atoms with van der Waals surface area (Å²) in [7, 11) is -3.81. The molecule has 1 atom stereocenters. The third-order valence-electron chi connectivity index (χ3n) is 2.67. The number of hydrogen-bond donors (Lipinski definition) is 0. The van der Waals surface area contributed by atoms with Gasteiger partial charge in [0.1, 0.15) is 6.61 Å². The number of alkyl halides is 1. The van der Waals surface area contributed by atoms with Crippen LogP contribution in [0.2, 0.25) is 0 Å². The normalized spacial score (nSPS) is 20.0. The van der Waals surface area contributed by atoms with Crippen molar-refractivity contribution in [2.45, 2.75) is 17.9 Å². The van der Waals surface area contributed by atoms with E-state index in [4.69, 9.17) is 4.74 Å². The molecule has 1 aromatic rings. The minimum absolute atomic E-state index is 0.113. The van der Waals surface area contributed by atoms with E-state index < -0.39 is 22.2 Å². The van der Waals surface area contributed by atoms with Gasteiger partial charge in [-0.15, -0.1) is 0 Å². The zero-order chi connectivity index (χ0) is 13.3. The zero-order valence-electron chi connectivity index (χ0n) is 9.67. The van der Waals surface area contributed by atoms with Crippen molar-refractivity contribution in [3.8, 4) is 0 Å². The molecule has 5 nitrogen and oxygen atoms in total. The van der Waals surface area contributed by atoms with Gasteiger partial charge in [0.15, 0.2) is 0 Å². The molecule has 0 saturated carbocycles. The fourth-order valence-corrected chi connectivity index (χ4v) is 4.07. The van der Waals surface area contributed by atoms with Crippen molar-refractivity contribution in [1.82, 2.24) is 4.31 Å². The SMILES string of the molecule is Cc1ccc(S(=O)(=O)N2C(=O)OCC2CI)cc1. The average molecular weight is 381 g/mol. The molecule has 1 fully saturated rings. The summed E-state index contributed by atoms with van der Waals surface area (Å²) in [5.41, 5.74) is 0.961. The number of rotatable bonds is 3. The predicted molar refractivity (Wildman–Crippen MR) is 74.2 cm³/mol. The van der Waals surface area contributed by atoms with Crippen molar-refractivity contribution in [1.29, 1.82) is 0 Å². The van der Waals surface area contributed by atoms with Gasteiger partial charge in [-0.05, 0) is 19.1 Å². The number of aryl methyl sites for hydroxylation is 1. The summed E-state index contributed by atoms with van der Waals surface area (Å²) >= 11 is 2.04. The Hall–Kier alpha value is -0.830. The van der Waals surface area contributed by atoms with Crippen LogP contribution in [0.4, 0.5) is 4.79 Å². The number of benzene rings is 1. The molecular weight excluding hydrogens is 369 g/mol. The molecule has 1 saturated heterocycles. The quantitative estimate of drug-likeness (QED) is 0.593. The molecule has 2 rings (SSSR count). The van der Waals surface area contributed by atoms with E-state index >= 15 is 0 Å². The minimum atomic E-state index is -3.81. The molecule has 98 valence electrons. The van der Waals surface area contributed by atoms with E-state index in [0.29, 0.717) is 4.43 Å². The van der Waals surface area contributed by atoms with Gasteiger partial charge in [-0.3, -0.25) is 0 Å². The molecule has 0 radical (unpaired) electrons. The van der Waals surface area contributed by atoms with Crippen molar-refractivity contribution in [2.75, 3.05) is 11.0 Å². The van der Waals surface area contributed by atoms with E-state index in [0.717, 1.165) is 9.87 Å². The second-order valence-corrected chi connectivity index (χ2v) is 6.69. The van der Waals surface area contributed by atoms with Gasteiger partial charge in [-0.25, -0.2) is 13.2 Å². The molecule has 1 aliphatic rings. The first-order chi connectivity index (χ1) is 8.46. The van der Waals surface area contributed by atoms with Crippen LogP contribution in [0, 0.1) is 6.92 Å². The smallest absolute Gasteiger partial charge is 0.424 e. The monoisotopic (exact) mass is 381 g/mol. The zero-order valence-corrected chi connectivity index (χ0v) is 12.6. The van der Waals surface area contributed by atoms with Crippen molar-refractivity contribution < 1.29 is 17.9 Å². The Kier molecular flexibility index (Phi) is 3.81. The fourth-order valence-electron chi connectivity index (χ4n) is 1.67. The topological polar surface area (TPSA) is 63.7 Å². The van der Waals surface area contributed by atoms with Crippen LogP contribution in [0.3, 0.4) is 0 Å². The minimum Gasteiger partial charge on any atom is -0.446 e. The van der Waals surface area contributed by atoms with Gasteiger partial charge >= 0.3 is 6.09 Å². The highest BCUT2D eigenvalue weighted by Crippen LogP contribution is 2.24. The summed E-state index contributed by atoms with van der Waals surface area (Å²) in [6, 6.07) is 5.98. The van der Waals surface area contributed by atoms with E-state index in [1.807, 2.05) is 29.5 Å². The predicted octanol–water partition coefficient (Wildman–Crippen LogP) is 1.94. The fraction of sp³-hybridized carbons (Fsp3) is 0.364. The van der Waals surface area contributed by atoms with Crippen LogP contribution in [0.5, 0.6) is 0 Å². The third kappa shape index (κ3) is 2.33. The van der Waals surface area contributed by atoms with Crippen LogP contribution in [0.25, 0.3) is 0 Å². The number of halogens is 1. The Bertz CT molecular complexity index is 555. The van der Waals surface area contributed by atoms with Gasteiger partial charge < -0.3 is 4.74 Å². The molecule has 1 unspecified atom stereocenters. The molecule has 0 aliphatic carbocycles. The van der Waals surface area contributed by atoms with E-state index in [1.165, 1.54) is 12.1 Å². The molecule has 7 heteroatoms. The highest BCUT2D eigenvalue weighted by Gasteiger charge is 2.41. The van der Waals surface area contributed by atoms with Gasteiger partial charge in [0.05, 0.1) is 10.9 Å². The lowest BCUT2D eigenvalue weighted by Crippen LogP contribution is -2.39. The first-order valence-electron chi connectivity index (χ1n) is 5.30. The lowest BCUT2D eigenvalue weighted by Gasteiger charge is -2.19. The van der Waals surface area contributed by atoms with Gasteiger partial charge in [0.25, 0.3) is 10.0 Å². The standard InChI is InChI=1S/C11H12INO4S/c1-8-2-4-10(5-3-8)18(15,16)13-9(6-12)7-17-11(13)14/h2-5,9H,6-7H2,1H3. The highest BCUT2D eigenvalue weighted by atomic mass is 127. The van der Waals surface area contributed by atoms with Gasteiger partial charge in [0.2, 0.25) is 0 Å². The van der Waals surface area contributed by atoms with Crippen LogP contribution in [-0.4, -0.2) is 35.9 Å². The number of ether oxygens (including phenoxy) is 1. The Morgan fingerprint density at radius 3 is 2.56 bits per heavy atom. The van der Waals surface area contributed by atoms with Crippen molar-refractivity contribution >= 4 is 38.7 Å². The molecule has 0 spiro atoms. The van der Waals surface area contributed by atoms with E-state index in [1.54, 1.807) is 12.1 Å². The van der Waals surface area contributed by atoms with Gasteiger partial charge in [-0.2, -0.15) is 4.31 Å². The Labute approximate surface area is 119 Å². The maximum atomic E-state index is 12.3. The highest BCUT2D eigenvalue weighted by molar-refractivity contribution is 14.1. The van der Waals surface area contributed by atoms with E-state index in [9.17, 15) is 13.2 Å². The second kappa shape index (κ2) is 5.04. The number of hydrogen-bond acceptors (Lipinski definition) is 4. The third-order valence-corrected chi connectivity index (χ3v) is 5.52. The molecule has 1 amide bonds. The second-order valence-electron chi connectivity index (χ2n) is 4.00. The van der Waals surface area contributed by atoms with Gasteiger partial charge in [-0.1, -0.05) is 40.3 Å². The lowest BCUT2D eigenvalue weighted by molar-refractivity contribution is 0.170. The first-order valence-corrected chi connectivity index (χ1v) is 8.27. The first kappa shape index (κ1) is 13.6. The van der Waals surface area contributed by atoms with Gasteiger partial charge in [0, 0.05) is 4.43 Å². The molecule has 18 heavy (non-hydrogen) atoms. The summed E-state index contributed by atoms with van der Waals surface area (Å²) in [5, 5.41) is 0. The number of sulfonamides is 1. The van der Waals surface area contributed by atoms with E-state index in [-0.39, 0.29) is 11.5 Å². The summed E-state index contributed by atoms with van der Waals surface area (Å²) in [6.07, 6.45) is -0.794. The molecule has 0 N–H and O–H groups in total. The maximum absolute atomic E-state index is 12.3. The number of amides is 1. The Morgan fingerprint density at radius 2 is 2.00 bits per heavy atom. The molecule has 1 aliphatic heterocycles. The molecule has 0 bridgehead atoms. The Morgan fingerprint density at radius 1 is 1.39 bits per heavy atom. The van der Waals surface area contributed by atoms with Crippen molar-refractivity contribution in [3.05, 3.63) is 29.8 Å². The molecule has 1 aromatic carbocycles. The average Bonchev–Trinajstić information content (AvgIpc) is 2.71. The molecular formula is C11H12INO4S. The summed E-state index contributed by atoms with van der Waals surface area (Å²) in [5.74, 6) is 0. The van der Waals surface area contributed by atoms with E-state index in [2.05, 4.69) is 0 Å². The summed E-state index contributed by atoms with van der Waals surface area (Å²) in [4.78, 5) is 11.7.